The van der Waals surface area contributed by atoms with Crippen molar-refractivity contribution in [2.45, 2.75) is 33.2 Å². The molecule has 0 aliphatic rings. The van der Waals surface area contributed by atoms with Crippen LogP contribution in [0, 0.1) is 13.8 Å². The predicted octanol–water partition coefficient (Wildman–Crippen LogP) is 1.27. The average molecular weight is 208 g/mol. The molecule has 1 aromatic heterocycles. The van der Waals surface area contributed by atoms with Gasteiger partial charge in [-0.3, -0.25) is 4.98 Å². The van der Waals surface area contributed by atoms with Gasteiger partial charge in [-0.25, -0.2) is 4.98 Å². The normalized spacial score (nSPS) is 11.6. The standard InChI is InChI=1S/C11H20N4/c1-8-6-13-9(2)10(14-8)15(5)11(3,4)7-12/h6H,7,12H2,1-5H3. The van der Waals surface area contributed by atoms with Crippen LogP contribution in [-0.4, -0.2) is 29.1 Å². The summed E-state index contributed by atoms with van der Waals surface area (Å²) in [6.45, 7) is 8.68. The summed E-state index contributed by atoms with van der Waals surface area (Å²) < 4.78 is 0. The molecule has 84 valence electrons. The first-order chi connectivity index (χ1) is 6.88. The second-order valence-electron chi connectivity index (χ2n) is 4.50. The molecule has 0 aliphatic carbocycles. The Morgan fingerprint density at radius 3 is 2.53 bits per heavy atom. The quantitative estimate of drug-likeness (QED) is 0.812. The molecule has 2 N–H and O–H groups in total. The number of hydrogen-bond donors (Lipinski definition) is 1. The second kappa shape index (κ2) is 4.14. The fourth-order valence-corrected chi connectivity index (χ4v) is 1.27. The van der Waals surface area contributed by atoms with Gasteiger partial charge in [-0.05, 0) is 27.7 Å². The van der Waals surface area contributed by atoms with Crippen molar-refractivity contribution in [2.75, 3.05) is 18.5 Å². The summed E-state index contributed by atoms with van der Waals surface area (Å²) in [6.07, 6.45) is 1.78. The maximum Gasteiger partial charge on any atom is 0.150 e. The molecule has 1 aromatic rings. The van der Waals surface area contributed by atoms with Gasteiger partial charge in [0, 0.05) is 25.3 Å². The van der Waals surface area contributed by atoms with Crippen LogP contribution >= 0.6 is 0 Å². The molecule has 0 aromatic carbocycles. The van der Waals surface area contributed by atoms with Crippen molar-refractivity contribution in [3.63, 3.8) is 0 Å². The fourth-order valence-electron chi connectivity index (χ4n) is 1.27. The molecule has 0 fully saturated rings. The van der Waals surface area contributed by atoms with Gasteiger partial charge in [-0.2, -0.15) is 0 Å². The van der Waals surface area contributed by atoms with Gasteiger partial charge in [-0.15, -0.1) is 0 Å². The summed E-state index contributed by atoms with van der Waals surface area (Å²) in [5.74, 6) is 0.908. The van der Waals surface area contributed by atoms with E-state index in [4.69, 9.17) is 5.73 Å². The SMILES string of the molecule is Cc1cnc(C)c(N(C)C(C)(C)CN)n1. The highest BCUT2D eigenvalue weighted by Gasteiger charge is 2.24. The maximum absolute atomic E-state index is 5.74. The zero-order chi connectivity index (χ0) is 11.6. The molecular formula is C11H20N4. The Morgan fingerprint density at radius 2 is 2.00 bits per heavy atom. The third kappa shape index (κ3) is 2.45. The van der Waals surface area contributed by atoms with E-state index in [0.29, 0.717) is 6.54 Å². The van der Waals surface area contributed by atoms with Gasteiger partial charge in [0.2, 0.25) is 0 Å². The van der Waals surface area contributed by atoms with Crippen molar-refractivity contribution in [2.24, 2.45) is 5.73 Å². The van der Waals surface area contributed by atoms with E-state index in [1.807, 2.05) is 20.9 Å². The molecule has 0 atom stereocenters. The third-order valence-corrected chi connectivity index (χ3v) is 2.78. The van der Waals surface area contributed by atoms with Gasteiger partial charge in [0.15, 0.2) is 5.82 Å². The van der Waals surface area contributed by atoms with Crippen LogP contribution < -0.4 is 10.6 Å². The number of hydrogen-bond acceptors (Lipinski definition) is 4. The minimum atomic E-state index is -0.104. The summed E-state index contributed by atoms with van der Waals surface area (Å²) in [5, 5.41) is 0. The lowest BCUT2D eigenvalue weighted by Crippen LogP contribution is -2.48. The number of likely N-dealkylation sites (N-methyl/N-ethyl adjacent to an activating group) is 1. The summed E-state index contributed by atoms with van der Waals surface area (Å²) in [4.78, 5) is 10.9. The molecule has 0 spiro atoms. The monoisotopic (exact) mass is 208 g/mol. The van der Waals surface area contributed by atoms with Gasteiger partial charge in [-0.1, -0.05) is 0 Å². The van der Waals surface area contributed by atoms with E-state index in [1.54, 1.807) is 6.20 Å². The molecule has 0 unspecified atom stereocenters. The molecular weight excluding hydrogens is 188 g/mol. The highest BCUT2D eigenvalue weighted by molar-refractivity contribution is 5.45. The molecule has 0 saturated heterocycles. The first-order valence-corrected chi connectivity index (χ1v) is 5.12. The summed E-state index contributed by atoms with van der Waals surface area (Å²) in [5.41, 5.74) is 7.50. The van der Waals surface area contributed by atoms with Crippen LogP contribution in [0.25, 0.3) is 0 Å². The lowest BCUT2D eigenvalue weighted by atomic mass is 10.0. The first-order valence-electron chi connectivity index (χ1n) is 5.12. The smallest absolute Gasteiger partial charge is 0.150 e. The Hall–Kier alpha value is -1.16. The molecule has 0 radical (unpaired) electrons. The number of nitrogens with zero attached hydrogens (tertiary/aromatic N) is 3. The molecule has 0 amide bonds. The lowest BCUT2D eigenvalue weighted by molar-refractivity contribution is 0.492. The predicted molar refractivity (Wildman–Crippen MR) is 63.0 cm³/mol. The van der Waals surface area contributed by atoms with Crippen LogP contribution in [-0.2, 0) is 0 Å². The van der Waals surface area contributed by atoms with Crippen molar-refractivity contribution in [1.82, 2.24) is 9.97 Å². The summed E-state index contributed by atoms with van der Waals surface area (Å²) >= 11 is 0. The Kier molecular flexibility index (Phi) is 3.29. The van der Waals surface area contributed by atoms with Gasteiger partial charge >= 0.3 is 0 Å². The minimum Gasteiger partial charge on any atom is -0.352 e. The van der Waals surface area contributed by atoms with E-state index in [-0.39, 0.29) is 5.54 Å². The maximum atomic E-state index is 5.74. The molecule has 4 heteroatoms. The van der Waals surface area contributed by atoms with Gasteiger partial charge < -0.3 is 10.6 Å². The van der Waals surface area contributed by atoms with Crippen LogP contribution in [0.3, 0.4) is 0 Å². The molecule has 4 nitrogen and oxygen atoms in total. The Morgan fingerprint density at radius 1 is 1.40 bits per heavy atom. The van der Waals surface area contributed by atoms with E-state index >= 15 is 0 Å². The van der Waals surface area contributed by atoms with Gasteiger partial charge in [0.25, 0.3) is 0 Å². The number of nitrogens with two attached hydrogens (primary N) is 1. The van der Waals surface area contributed by atoms with Crippen molar-refractivity contribution in [1.29, 1.82) is 0 Å². The van der Waals surface area contributed by atoms with Crippen molar-refractivity contribution in [3.05, 3.63) is 17.6 Å². The number of aryl methyl sites for hydroxylation is 2. The molecule has 0 saturated carbocycles. The first kappa shape index (κ1) is 11.9. The summed E-state index contributed by atoms with van der Waals surface area (Å²) in [6, 6.07) is 0. The minimum absolute atomic E-state index is 0.104. The molecule has 0 aliphatic heterocycles. The van der Waals surface area contributed by atoms with Crippen molar-refractivity contribution >= 4 is 5.82 Å². The van der Waals surface area contributed by atoms with E-state index in [2.05, 4.69) is 28.7 Å². The average Bonchev–Trinajstić information content (AvgIpc) is 2.20. The van der Waals surface area contributed by atoms with Crippen LogP contribution in [0.15, 0.2) is 6.20 Å². The Labute approximate surface area is 91.5 Å². The van der Waals surface area contributed by atoms with Crippen molar-refractivity contribution in [3.8, 4) is 0 Å². The van der Waals surface area contributed by atoms with E-state index in [1.165, 1.54) is 0 Å². The number of anilines is 1. The molecule has 1 heterocycles. The largest absolute Gasteiger partial charge is 0.352 e. The Balaban J connectivity index is 3.10. The third-order valence-electron chi connectivity index (χ3n) is 2.78. The van der Waals surface area contributed by atoms with Crippen LogP contribution in [0.4, 0.5) is 5.82 Å². The molecule has 1 rings (SSSR count). The number of rotatable bonds is 3. The molecule has 15 heavy (non-hydrogen) atoms. The second-order valence-corrected chi connectivity index (χ2v) is 4.50. The zero-order valence-corrected chi connectivity index (χ0v) is 10.2. The highest BCUT2D eigenvalue weighted by atomic mass is 15.2. The van der Waals surface area contributed by atoms with Crippen molar-refractivity contribution < 1.29 is 0 Å². The lowest BCUT2D eigenvalue weighted by Gasteiger charge is -2.36. The van der Waals surface area contributed by atoms with Crippen LogP contribution in [0.2, 0.25) is 0 Å². The van der Waals surface area contributed by atoms with Gasteiger partial charge in [0.1, 0.15) is 0 Å². The fraction of sp³-hybridized carbons (Fsp3) is 0.636. The van der Waals surface area contributed by atoms with E-state index < -0.39 is 0 Å². The zero-order valence-electron chi connectivity index (χ0n) is 10.2. The Bertz CT molecular complexity index is 346. The molecule has 0 bridgehead atoms. The van der Waals surface area contributed by atoms with Crippen LogP contribution in [0.1, 0.15) is 25.2 Å². The summed E-state index contributed by atoms with van der Waals surface area (Å²) in [7, 11) is 2.00. The van der Waals surface area contributed by atoms with E-state index in [0.717, 1.165) is 17.2 Å². The van der Waals surface area contributed by atoms with E-state index in [9.17, 15) is 0 Å². The highest BCUT2D eigenvalue weighted by Crippen LogP contribution is 2.21. The van der Waals surface area contributed by atoms with Gasteiger partial charge in [0.05, 0.1) is 11.4 Å². The van der Waals surface area contributed by atoms with Crippen LogP contribution in [0.5, 0.6) is 0 Å². The topological polar surface area (TPSA) is 55.0 Å². The number of aromatic nitrogens is 2.